The first-order chi connectivity index (χ1) is 12.1. The highest BCUT2D eigenvalue weighted by Crippen LogP contribution is 2.28. The van der Waals surface area contributed by atoms with Gasteiger partial charge in [-0.1, -0.05) is 6.07 Å². The van der Waals surface area contributed by atoms with Gasteiger partial charge >= 0.3 is 0 Å². The molecule has 0 bridgehead atoms. The van der Waals surface area contributed by atoms with E-state index in [1.54, 1.807) is 20.4 Å². The minimum absolute atomic E-state index is 0.0543. The van der Waals surface area contributed by atoms with Crippen molar-refractivity contribution < 1.29 is 14.3 Å². The first-order valence-corrected chi connectivity index (χ1v) is 8.32. The van der Waals surface area contributed by atoms with Crippen LogP contribution in [0.25, 0.3) is 0 Å². The molecule has 25 heavy (non-hydrogen) atoms. The van der Waals surface area contributed by atoms with Gasteiger partial charge in [0.15, 0.2) is 11.5 Å². The lowest BCUT2D eigenvalue weighted by Crippen LogP contribution is -2.49. The molecule has 1 atom stereocenters. The van der Waals surface area contributed by atoms with Crippen molar-refractivity contribution in [2.24, 2.45) is 7.05 Å². The van der Waals surface area contributed by atoms with Gasteiger partial charge in [0.2, 0.25) is 5.91 Å². The molecule has 1 aromatic carbocycles. The predicted octanol–water partition coefficient (Wildman–Crippen LogP) is 1.15. The molecular formula is C18H24N4O3. The number of nitrogens with one attached hydrogen (secondary N) is 1. The number of nitrogens with zero attached hydrogens (tertiary/aromatic N) is 3. The zero-order valence-corrected chi connectivity index (χ0v) is 14.9. The fourth-order valence-electron chi connectivity index (χ4n) is 3.20. The smallest absolute Gasteiger partial charge is 0.227 e. The first-order valence-electron chi connectivity index (χ1n) is 8.32. The zero-order chi connectivity index (χ0) is 17.8. The molecular weight excluding hydrogens is 320 g/mol. The number of aryl methyl sites for hydroxylation is 1. The Morgan fingerprint density at radius 2 is 2.12 bits per heavy atom. The van der Waals surface area contributed by atoms with Crippen molar-refractivity contribution in [2.45, 2.75) is 12.5 Å². The third kappa shape index (κ3) is 3.61. The third-order valence-corrected chi connectivity index (χ3v) is 4.52. The van der Waals surface area contributed by atoms with Crippen molar-refractivity contribution in [3.8, 4) is 11.5 Å². The molecule has 1 aliphatic rings. The van der Waals surface area contributed by atoms with E-state index in [9.17, 15) is 4.79 Å². The van der Waals surface area contributed by atoms with Crippen molar-refractivity contribution in [1.29, 1.82) is 0 Å². The summed E-state index contributed by atoms with van der Waals surface area (Å²) in [4.78, 5) is 19.3. The molecule has 1 aliphatic heterocycles. The van der Waals surface area contributed by atoms with Crippen molar-refractivity contribution in [3.05, 3.63) is 42.0 Å². The Labute approximate surface area is 147 Å². The summed E-state index contributed by atoms with van der Waals surface area (Å²) in [7, 11) is 5.14. The summed E-state index contributed by atoms with van der Waals surface area (Å²) in [6.45, 7) is 2.17. The van der Waals surface area contributed by atoms with E-state index in [-0.39, 0.29) is 11.9 Å². The number of aromatic nitrogens is 2. The molecule has 7 heteroatoms. The van der Waals surface area contributed by atoms with E-state index in [0.717, 1.165) is 17.9 Å². The van der Waals surface area contributed by atoms with Gasteiger partial charge in [-0.2, -0.15) is 0 Å². The molecule has 0 aliphatic carbocycles. The van der Waals surface area contributed by atoms with Gasteiger partial charge in [-0.05, 0) is 17.7 Å². The van der Waals surface area contributed by atoms with E-state index in [1.807, 2.05) is 40.9 Å². The van der Waals surface area contributed by atoms with Crippen LogP contribution in [-0.4, -0.2) is 54.2 Å². The highest BCUT2D eigenvalue weighted by Gasteiger charge is 2.30. The van der Waals surface area contributed by atoms with E-state index in [4.69, 9.17) is 9.47 Å². The average Bonchev–Trinajstić information content (AvgIpc) is 3.07. The van der Waals surface area contributed by atoms with Gasteiger partial charge in [0.1, 0.15) is 11.9 Å². The Morgan fingerprint density at radius 1 is 1.32 bits per heavy atom. The fourth-order valence-corrected chi connectivity index (χ4v) is 3.20. The average molecular weight is 344 g/mol. The van der Waals surface area contributed by atoms with Gasteiger partial charge < -0.3 is 24.3 Å². The Hall–Kier alpha value is -2.54. The SMILES string of the molecule is COc1ccc(CC(=O)N2CCNCC2c2nccn2C)cc1OC. The number of amides is 1. The lowest BCUT2D eigenvalue weighted by molar-refractivity contribution is -0.134. The quantitative estimate of drug-likeness (QED) is 0.881. The number of methoxy groups -OCH3 is 2. The van der Waals surface area contributed by atoms with Crippen molar-refractivity contribution in [2.75, 3.05) is 33.9 Å². The number of hydrogen-bond acceptors (Lipinski definition) is 5. The van der Waals surface area contributed by atoms with Crippen molar-refractivity contribution in [3.63, 3.8) is 0 Å². The molecule has 2 aromatic rings. The number of benzene rings is 1. The number of imidazole rings is 1. The summed E-state index contributed by atoms with van der Waals surface area (Å²) in [6.07, 6.45) is 3.99. The second-order valence-corrected chi connectivity index (χ2v) is 6.07. The summed E-state index contributed by atoms with van der Waals surface area (Å²) >= 11 is 0. The summed E-state index contributed by atoms with van der Waals surface area (Å²) in [5, 5.41) is 3.35. The van der Waals surface area contributed by atoms with E-state index < -0.39 is 0 Å². The van der Waals surface area contributed by atoms with Gasteiger partial charge in [0, 0.05) is 39.1 Å². The molecule has 0 spiro atoms. The lowest BCUT2D eigenvalue weighted by Gasteiger charge is -2.36. The molecule has 1 fully saturated rings. The first kappa shape index (κ1) is 17.3. The molecule has 1 unspecified atom stereocenters. The number of piperazine rings is 1. The number of carbonyl (C=O) groups excluding carboxylic acids is 1. The van der Waals surface area contributed by atoms with Gasteiger partial charge in [0.25, 0.3) is 0 Å². The summed E-state index contributed by atoms with van der Waals surface area (Å²) in [5.41, 5.74) is 0.903. The normalized spacial score (nSPS) is 17.4. The van der Waals surface area contributed by atoms with Gasteiger partial charge in [-0.25, -0.2) is 4.98 Å². The lowest BCUT2D eigenvalue weighted by atomic mass is 10.1. The van der Waals surface area contributed by atoms with E-state index >= 15 is 0 Å². The summed E-state index contributed by atoms with van der Waals surface area (Å²) < 4.78 is 12.5. The molecule has 3 rings (SSSR count). The van der Waals surface area contributed by atoms with Crippen LogP contribution in [0.5, 0.6) is 11.5 Å². The standard InChI is InChI=1S/C18H24N4O3/c1-21-8-7-20-18(21)14-12-19-6-9-22(14)17(23)11-13-4-5-15(24-2)16(10-13)25-3/h4-5,7-8,10,14,19H,6,9,11-12H2,1-3H3. The van der Waals surface area contributed by atoms with Gasteiger partial charge in [-0.15, -0.1) is 0 Å². The van der Waals surface area contributed by atoms with Crippen LogP contribution in [0.15, 0.2) is 30.6 Å². The van der Waals surface area contributed by atoms with E-state index in [2.05, 4.69) is 10.3 Å². The minimum atomic E-state index is -0.0543. The molecule has 2 heterocycles. The maximum atomic E-state index is 12.9. The Balaban J connectivity index is 1.78. The van der Waals surface area contributed by atoms with Crippen LogP contribution >= 0.6 is 0 Å². The molecule has 1 N–H and O–H groups in total. The van der Waals surface area contributed by atoms with Crippen LogP contribution in [0.2, 0.25) is 0 Å². The van der Waals surface area contributed by atoms with Crippen LogP contribution in [0.1, 0.15) is 17.4 Å². The number of hydrogen-bond donors (Lipinski definition) is 1. The number of ether oxygens (including phenoxy) is 2. The number of carbonyl (C=O) groups is 1. The summed E-state index contributed by atoms with van der Waals surface area (Å²) in [6, 6.07) is 5.53. The molecule has 134 valence electrons. The summed E-state index contributed by atoms with van der Waals surface area (Å²) in [5.74, 6) is 2.27. The van der Waals surface area contributed by atoms with E-state index in [1.165, 1.54) is 0 Å². The topological polar surface area (TPSA) is 68.6 Å². The van der Waals surface area contributed by atoms with Crippen LogP contribution in [0.4, 0.5) is 0 Å². The Morgan fingerprint density at radius 3 is 2.80 bits per heavy atom. The van der Waals surface area contributed by atoms with Crippen LogP contribution in [-0.2, 0) is 18.3 Å². The highest BCUT2D eigenvalue weighted by molar-refractivity contribution is 5.79. The fraction of sp³-hybridized carbons (Fsp3) is 0.444. The van der Waals surface area contributed by atoms with Gasteiger partial charge in [0.05, 0.1) is 20.6 Å². The molecule has 1 saturated heterocycles. The maximum absolute atomic E-state index is 12.9. The molecule has 7 nitrogen and oxygen atoms in total. The van der Waals surface area contributed by atoms with Crippen molar-refractivity contribution in [1.82, 2.24) is 19.8 Å². The van der Waals surface area contributed by atoms with Crippen LogP contribution in [0, 0.1) is 0 Å². The number of rotatable bonds is 5. The second-order valence-electron chi connectivity index (χ2n) is 6.07. The zero-order valence-electron chi connectivity index (χ0n) is 14.9. The van der Waals surface area contributed by atoms with Crippen molar-refractivity contribution >= 4 is 5.91 Å². The molecule has 1 aromatic heterocycles. The monoisotopic (exact) mass is 344 g/mol. The predicted molar refractivity (Wildman–Crippen MR) is 93.8 cm³/mol. The largest absolute Gasteiger partial charge is 0.493 e. The van der Waals surface area contributed by atoms with Crippen LogP contribution < -0.4 is 14.8 Å². The maximum Gasteiger partial charge on any atom is 0.227 e. The second kappa shape index (κ2) is 7.57. The Kier molecular flexibility index (Phi) is 5.23. The minimum Gasteiger partial charge on any atom is -0.493 e. The third-order valence-electron chi connectivity index (χ3n) is 4.52. The molecule has 0 radical (unpaired) electrons. The highest BCUT2D eigenvalue weighted by atomic mass is 16.5. The van der Waals surface area contributed by atoms with E-state index in [0.29, 0.717) is 31.0 Å². The molecule has 1 amide bonds. The Bertz CT molecular complexity index is 744. The van der Waals surface area contributed by atoms with Crippen LogP contribution in [0.3, 0.4) is 0 Å². The molecule has 0 saturated carbocycles. The van der Waals surface area contributed by atoms with Gasteiger partial charge in [-0.3, -0.25) is 4.79 Å².